The number of aliphatic imine (C=N–C) groups is 1. The largest absolute Gasteiger partial charge is 0.488 e. The van der Waals surface area contributed by atoms with Gasteiger partial charge in [-0.3, -0.25) is 14.8 Å². The number of aromatic nitrogens is 1. The maximum Gasteiger partial charge on any atom is 0.263 e. The second-order valence-corrected chi connectivity index (χ2v) is 10.0. The van der Waals surface area contributed by atoms with Gasteiger partial charge in [-0.25, -0.2) is 0 Å². The lowest BCUT2D eigenvalue weighted by molar-refractivity contribution is -0.123. The Kier molecular flexibility index (Phi) is 6.20. The summed E-state index contributed by atoms with van der Waals surface area (Å²) in [6, 6.07) is 8.52. The van der Waals surface area contributed by atoms with E-state index in [0.717, 1.165) is 61.2 Å². The van der Waals surface area contributed by atoms with E-state index in [2.05, 4.69) is 31.6 Å². The molecule has 0 radical (unpaired) electrons. The lowest BCUT2D eigenvalue weighted by Crippen LogP contribution is -2.45. The third-order valence-corrected chi connectivity index (χ3v) is 7.57. The molecule has 0 spiro atoms. The number of anilines is 1. The van der Waals surface area contributed by atoms with Crippen LogP contribution in [0.15, 0.2) is 41.2 Å². The molecule has 1 saturated carbocycles. The summed E-state index contributed by atoms with van der Waals surface area (Å²) in [6.07, 6.45) is 9.29. The number of rotatable bonds is 5. The van der Waals surface area contributed by atoms with Gasteiger partial charge in [-0.1, -0.05) is 0 Å². The van der Waals surface area contributed by atoms with Gasteiger partial charge in [0.1, 0.15) is 6.61 Å². The highest BCUT2D eigenvalue weighted by molar-refractivity contribution is 6.09. The van der Waals surface area contributed by atoms with Crippen LogP contribution in [-0.2, 0) is 9.53 Å². The molecule has 1 aliphatic carbocycles. The van der Waals surface area contributed by atoms with Crippen molar-refractivity contribution in [3.63, 3.8) is 0 Å². The molecule has 2 N–H and O–H groups in total. The number of fused-ring (bicyclic) bond motifs is 4. The smallest absolute Gasteiger partial charge is 0.263 e. The number of nitrogens with one attached hydrogen (secondary N) is 2. The molecule has 9 heteroatoms. The molecule has 1 unspecified atom stereocenters. The molecule has 1 saturated heterocycles. The van der Waals surface area contributed by atoms with Gasteiger partial charge < -0.3 is 25.0 Å². The van der Waals surface area contributed by atoms with E-state index in [1.165, 1.54) is 12.8 Å². The Balaban J connectivity index is 1.05. The predicted octanol–water partition coefficient (Wildman–Crippen LogP) is 2.65. The molecule has 1 aromatic heterocycles. The van der Waals surface area contributed by atoms with E-state index >= 15 is 0 Å². The molecular weight excluding hydrogens is 456 g/mol. The van der Waals surface area contributed by atoms with Crippen LogP contribution in [0.4, 0.5) is 5.69 Å². The van der Waals surface area contributed by atoms with Crippen molar-refractivity contribution in [2.75, 3.05) is 37.7 Å². The number of dihydropyridines is 1. The fraction of sp³-hybridized carbons (Fsp3) is 0.481. The number of ether oxygens (including phenoxy) is 2. The molecule has 9 nitrogen and oxygen atoms in total. The molecule has 2 fully saturated rings. The lowest BCUT2D eigenvalue weighted by Gasteiger charge is -2.37. The number of morpholine rings is 1. The maximum absolute atomic E-state index is 11.6. The number of nitriles is 1. The Morgan fingerprint density at radius 3 is 2.97 bits per heavy atom. The number of hydrogen-bond acceptors (Lipinski definition) is 8. The molecule has 3 aliphatic heterocycles. The molecule has 1 aromatic carbocycles. The Bertz CT molecular complexity index is 1270. The van der Waals surface area contributed by atoms with E-state index in [4.69, 9.17) is 9.47 Å². The van der Waals surface area contributed by atoms with Gasteiger partial charge in [0.25, 0.3) is 5.91 Å². The zero-order valence-electron chi connectivity index (χ0n) is 20.2. The van der Waals surface area contributed by atoms with Crippen LogP contribution < -0.4 is 20.3 Å². The van der Waals surface area contributed by atoms with E-state index in [-0.39, 0.29) is 18.6 Å². The Morgan fingerprint density at radius 1 is 1.22 bits per heavy atom. The lowest BCUT2D eigenvalue weighted by atomic mass is 9.85. The number of carbonyl (C=O) groups is 1. The minimum absolute atomic E-state index is 0.0705. The fourth-order valence-electron chi connectivity index (χ4n) is 5.69. The van der Waals surface area contributed by atoms with Crippen molar-refractivity contribution in [2.45, 2.75) is 44.2 Å². The minimum atomic E-state index is -0.143. The van der Waals surface area contributed by atoms with Gasteiger partial charge in [0, 0.05) is 24.5 Å². The highest BCUT2D eigenvalue weighted by Gasteiger charge is 2.29. The van der Waals surface area contributed by atoms with Crippen molar-refractivity contribution >= 4 is 28.3 Å². The van der Waals surface area contributed by atoms with Crippen molar-refractivity contribution in [3.05, 3.63) is 41.8 Å². The summed E-state index contributed by atoms with van der Waals surface area (Å²) in [6.45, 7) is 3.36. The molecule has 186 valence electrons. The van der Waals surface area contributed by atoms with Gasteiger partial charge in [-0.05, 0) is 62.3 Å². The van der Waals surface area contributed by atoms with Crippen molar-refractivity contribution in [1.29, 1.82) is 5.26 Å². The van der Waals surface area contributed by atoms with Gasteiger partial charge in [0.05, 0.1) is 41.6 Å². The van der Waals surface area contributed by atoms with Gasteiger partial charge in [0.15, 0.2) is 24.0 Å². The first-order chi connectivity index (χ1) is 17.7. The SMILES string of the molecule is N#Cc1ccc2ncc3c(c2c1)N(CC1CCC(NCC2CC=C4OCC(=O)NC4=N2)CC1)CCO3. The van der Waals surface area contributed by atoms with Crippen LogP contribution in [0.3, 0.4) is 0 Å². The van der Waals surface area contributed by atoms with Gasteiger partial charge in [0.2, 0.25) is 0 Å². The zero-order valence-corrected chi connectivity index (χ0v) is 20.2. The first-order valence-electron chi connectivity index (χ1n) is 12.8. The molecule has 4 aliphatic rings. The maximum atomic E-state index is 11.6. The second-order valence-electron chi connectivity index (χ2n) is 10.0. The predicted molar refractivity (Wildman–Crippen MR) is 136 cm³/mol. The quantitative estimate of drug-likeness (QED) is 0.668. The average Bonchev–Trinajstić information content (AvgIpc) is 2.92. The van der Waals surface area contributed by atoms with Crippen molar-refractivity contribution in [2.24, 2.45) is 10.9 Å². The van der Waals surface area contributed by atoms with E-state index < -0.39 is 0 Å². The number of pyridine rings is 1. The van der Waals surface area contributed by atoms with Crippen LogP contribution >= 0.6 is 0 Å². The molecule has 36 heavy (non-hydrogen) atoms. The number of carbonyl (C=O) groups excluding carboxylic acids is 1. The first kappa shape index (κ1) is 22.8. The Labute approximate surface area is 210 Å². The normalized spacial score (nSPS) is 25.4. The van der Waals surface area contributed by atoms with Crippen LogP contribution in [0, 0.1) is 17.2 Å². The second kappa shape index (κ2) is 9.78. The first-order valence-corrected chi connectivity index (χ1v) is 12.8. The van der Waals surface area contributed by atoms with Gasteiger partial charge in [-0.15, -0.1) is 0 Å². The topological polar surface area (TPSA) is 112 Å². The Hall–Kier alpha value is -3.64. The van der Waals surface area contributed by atoms with Gasteiger partial charge >= 0.3 is 0 Å². The van der Waals surface area contributed by atoms with E-state index in [0.29, 0.717) is 35.7 Å². The van der Waals surface area contributed by atoms with Crippen LogP contribution in [0.1, 0.15) is 37.7 Å². The molecular formula is C27H30N6O3. The third-order valence-electron chi connectivity index (χ3n) is 7.57. The molecule has 0 bridgehead atoms. The molecule has 1 amide bonds. The van der Waals surface area contributed by atoms with Crippen molar-refractivity contribution in [3.8, 4) is 11.8 Å². The summed E-state index contributed by atoms with van der Waals surface area (Å²) in [7, 11) is 0. The summed E-state index contributed by atoms with van der Waals surface area (Å²) in [5.41, 5.74) is 2.61. The molecule has 2 aromatic rings. The van der Waals surface area contributed by atoms with E-state index in [1.807, 2.05) is 30.5 Å². The number of hydrogen-bond donors (Lipinski definition) is 2. The number of amides is 1. The third kappa shape index (κ3) is 4.61. The number of benzene rings is 1. The molecule has 4 heterocycles. The highest BCUT2D eigenvalue weighted by Crippen LogP contribution is 2.39. The minimum Gasteiger partial charge on any atom is -0.488 e. The van der Waals surface area contributed by atoms with Crippen molar-refractivity contribution in [1.82, 2.24) is 15.6 Å². The number of amidine groups is 1. The van der Waals surface area contributed by atoms with Gasteiger partial charge in [-0.2, -0.15) is 5.26 Å². The average molecular weight is 487 g/mol. The fourth-order valence-corrected chi connectivity index (χ4v) is 5.69. The van der Waals surface area contributed by atoms with Crippen molar-refractivity contribution < 1.29 is 14.3 Å². The monoisotopic (exact) mass is 486 g/mol. The summed E-state index contributed by atoms with van der Waals surface area (Å²) in [4.78, 5) is 23.2. The van der Waals surface area contributed by atoms with Crippen LogP contribution in [-0.4, -0.2) is 61.7 Å². The standard InChI is InChI=1S/C27H30N6O3/c28-12-18-3-7-22-21(11-18)26-24(14-30-22)35-10-9-33(26)15-17-1-4-19(5-2-17)29-13-20-6-8-23-27(31-20)32-25(34)16-36-23/h3,7-8,11,14,17,19-20,29H,1-2,4-6,9-10,13,15-16H2,(H,31,32,34). The molecule has 1 atom stereocenters. The summed E-state index contributed by atoms with van der Waals surface area (Å²) < 4.78 is 11.4. The zero-order chi connectivity index (χ0) is 24.5. The summed E-state index contributed by atoms with van der Waals surface area (Å²) >= 11 is 0. The Morgan fingerprint density at radius 2 is 2.11 bits per heavy atom. The van der Waals surface area contributed by atoms with E-state index in [9.17, 15) is 10.1 Å². The van der Waals surface area contributed by atoms with Crippen LogP contribution in [0.25, 0.3) is 10.9 Å². The number of nitrogens with zero attached hydrogens (tertiary/aromatic N) is 4. The summed E-state index contributed by atoms with van der Waals surface area (Å²) in [5.74, 6) is 2.55. The van der Waals surface area contributed by atoms with E-state index in [1.54, 1.807) is 0 Å². The molecule has 6 rings (SSSR count). The van der Waals surface area contributed by atoms with Crippen LogP contribution in [0.2, 0.25) is 0 Å². The highest BCUT2D eigenvalue weighted by atomic mass is 16.5. The van der Waals surface area contributed by atoms with Crippen LogP contribution in [0.5, 0.6) is 5.75 Å². The summed E-state index contributed by atoms with van der Waals surface area (Å²) in [5, 5.41) is 16.9.